The third-order valence-corrected chi connectivity index (χ3v) is 7.22. The number of piperidine rings is 1. The molecular weight excluding hydrogens is 264 g/mol. The molecule has 0 radical (unpaired) electrons. The topological polar surface area (TPSA) is 58.6 Å². The van der Waals surface area contributed by atoms with Crippen LogP contribution in [0.1, 0.15) is 38.5 Å². The van der Waals surface area contributed by atoms with Crippen LogP contribution in [0.25, 0.3) is 0 Å². The second-order valence-electron chi connectivity index (χ2n) is 6.16. The van der Waals surface area contributed by atoms with Crippen molar-refractivity contribution >= 4 is 10.0 Å². The van der Waals surface area contributed by atoms with Crippen LogP contribution in [0.5, 0.6) is 0 Å². The molecule has 19 heavy (non-hydrogen) atoms. The molecule has 3 aliphatic heterocycles. The Morgan fingerprint density at radius 2 is 1.84 bits per heavy atom. The van der Waals surface area contributed by atoms with E-state index in [9.17, 15) is 8.42 Å². The molecule has 3 atom stereocenters. The first-order valence-electron chi connectivity index (χ1n) is 7.38. The fourth-order valence-electron chi connectivity index (χ4n) is 3.71. The lowest BCUT2D eigenvalue weighted by Crippen LogP contribution is -2.51. The zero-order chi connectivity index (χ0) is 13.5. The Morgan fingerprint density at radius 3 is 2.42 bits per heavy atom. The van der Waals surface area contributed by atoms with Crippen molar-refractivity contribution in [2.45, 2.75) is 61.9 Å². The number of hydrogen-bond acceptors (Lipinski definition) is 4. The molecule has 0 amide bonds. The lowest BCUT2D eigenvalue weighted by Gasteiger charge is -2.37. The molecule has 5 nitrogen and oxygen atoms in total. The van der Waals surface area contributed by atoms with Gasteiger partial charge in [0.05, 0.1) is 11.9 Å². The molecule has 3 rings (SSSR count). The van der Waals surface area contributed by atoms with Gasteiger partial charge in [-0.3, -0.25) is 0 Å². The Morgan fingerprint density at radius 1 is 1.16 bits per heavy atom. The van der Waals surface area contributed by atoms with E-state index in [-0.39, 0.29) is 11.3 Å². The molecule has 110 valence electrons. The van der Waals surface area contributed by atoms with E-state index in [1.54, 1.807) is 11.4 Å². The van der Waals surface area contributed by atoms with Crippen molar-refractivity contribution in [3.63, 3.8) is 0 Å². The van der Waals surface area contributed by atoms with Gasteiger partial charge in [0.1, 0.15) is 0 Å². The first kappa shape index (κ1) is 13.8. The minimum absolute atomic E-state index is 0.172. The normalized spacial score (nSPS) is 39.7. The maximum atomic E-state index is 12.6. The fraction of sp³-hybridized carbons (Fsp3) is 1.00. The van der Waals surface area contributed by atoms with Gasteiger partial charge >= 0.3 is 0 Å². The van der Waals surface area contributed by atoms with Crippen LogP contribution in [-0.4, -0.2) is 56.4 Å². The SMILES string of the molecule is CN(C1CC2CCC(C1)N2)S(=O)(=O)C1CCCOC1. The second kappa shape index (κ2) is 5.31. The van der Waals surface area contributed by atoms with Crippen molar-refractivity contribution in [3.05, 3.63) is 0 Å². The van der Waals surface area contributed by atoms with Crippen molar-refractivity contribution in [3.8, 4) is 0 Å². The summed E-state index contributed by atoms with van der Waals surface area (Å²) in [6.07, 6.45) is 5.91. The van der Waals surface area contributed by atoms with Gasteiger partial charge in [0.2, 0.25) is 10.0 Å². The van der Waals surface area contributed by atoms with Gasteiger partial charge in [-0.25, -0.2) is 12.7 Å². The molecule has 2 bridgehead atoms. The predicted octanol–water partition coefficient (Wildman–Crippen LogP) is 0.710. The average molecular weight is 288 g/mol. The summed E-state index contributed by atoms with van der Waals surface area (Å²) in [4.78, 5) is 0. The molecule has 0 aliphatic carbocycles. The number of nitrogens with one attached hydrogen (secondary N) is 1. The molecule has 3 fully saturated rings. The molecule has 3 heterocycles. The molecule has 6 heteroatoms. The van der Waals surface area contributed by atoms with E-state index in [2.05, 4.69) is 5.32 Å². The summed E-state index contributed by atoms with van der Waals surface area (Å²) in [5.41, 5.74) is 0. The number of sulfonamides is 1. The third kappa shape index (κ3) is 2.68. The summed E-state index contributed by atoms with van der Waals surface area (Å²) >= 11 is 0. The number of hydrogen-bond donors (Lipinski definition) is 1. The van der Waals surface area contributed by atoms with E-state index in [1.165, 1.54) is 12.8 Å². The zero-order valence-corrected chi connectivity index (χ0v) is 12.4. The summed E-state index contributed by atoms with van der Waals surface area (Å²) in [5.74, 6) is 0. The lowest BCUT2D eigenvalue weighted by molar-refractivity contribution is 0.0967. The fourth-order valence-corrected chi connectivity index (χ4v) is 5.50. The predicted molar refractivity (Wildman–Crippen MR) is 73.5 cm³/mol. The van der Waals surface area contributed by atoms with Crippen LogP contribution in [-0.2, 0) is 14.8 Å². The highest BCUT2D eigenvalue weighted by atomic mass is 32.2. The quantitative estimate of drug-likeness (QED) is 0.831. The largest absolute Gasteiger partial charge is 0.380 e. The Balaban J connectivity index is 1.69. The third-order valence-electron chi connectivity index (χ3n) is 4.90. The molecule has 0 saturated carbocycles. The summed E-state index contributed by atoms with van der Waals surface area (Å²) in [5, 5.41) is 3.23. The Kier molecular flexibility index (Phi) is 3.86. The Hall–Kier alpha value is -0.170. The summed E-state index contributed by atoms with van der Waals surface area (Å²) in [7, 11) is -1.44. The van der Waals surface area contributed by atoms with Gasteiger partial charge in [-0.1, -0.05) is 0 Å². The lowest BCUT2D eigenvalue weighted by atomic mass is 10.0. The van der Waals surface area contributed by atoms with Crippen LogP contribution in [0.4, 0.5) is 0 Å². The first-order chi connectivity index (χ1) is 9.07. The number of nitrogens with zero attached hydrogens (tertiary/aromatic N) is 1. The molecule has 0 aromatic carbocycles. The van der Waals surface area contributed by atoms with E-state index in [0.717, 1.165) is 25.7 Å². The monoisotopic (exact) mass is 288 g/mol. The average Bonchev–Trinajstić information content (AvgIpc) is 2.77. The van der Waals surface area contributed by atoms with E-state index in [4.69, 9.17) is 4.74 Å². The van der Waals surface area contributed by atoms with E-state index >= 15 is 0 Å². The second-order valence-corrected chi connectivity index (χ2v) is 8.44. The molecule has 0 aromatic heterocycles. The molecule has 3 unspecified atom stereocenters. The molecule has 0 aromatic rings. The van der Waals surface area contributed by atoms with Crippen molar-refractivity contribution in [2.75, 3.05) is 20.3 Å². The molecule has 3 saturated heterocycles. The minimum atomic E-state index is -3.20. The van der Waals surface area contributed by atoms with Crippen LogP contribution in [0.2, 0.25) is 0 Å². The van der Waals surface area contributed by atoms with Gasteiger partial charge in [-0.2, -0.15) is 0 Å². The van der Waals surface area contributed by atoms with E-state index in [1.807, 2.05) is 0 Å². The van der Waals surface area contributed by atoms with Crippen LogP contribution in [0.15, 0.2) is 0 Å². The molecular formula is C13H24N2O3S. The summed E-state index contributed by atoms with van der Waals surface area (Å²) in [6.45, 7) is 1.07. The van der Waals surface area contributed by atoms with Crippen LogP contribution in [0, 0.1) is 0 Å². The van der Waals surface area contributed by atoms with Crippen LogP contribution >= 0.6 is 0 Å². The van der Waals surface area contributed by atoms with Gasteiger partial charge < -0.3 is 10.1 Å². The summed E-state index contributed by atoms with van der Waals surface area (Å²) < 4.78 is 32.3. The number of ether oxygens (including phenoxy) is 1. The maximum absolute atomic E-state index is 12.6. The van der Waals surface area contributed by atoms with Crippen molar-refractivity contribution in [2.24, 2.45) is 0 Å². The number of fused-ring (bicyclic) bond motifs is 2. The van der Waals surface area contributed by atoms with Crippen LogP contribution < -0.4 is 5.32 Å². The smallest absolute Gasteiger partial charge is 0.219 e. The standard InChI is InChI=1S/C13H24N2O3S/c1-15(12-7-10-4-5-11(8-12)14-10)19(16,17)13-3-2-6-18-9-13/h10-14H,2-9H2,1H3. The highest BCUT2D eigenvalue weighted by Gasteiger charge is 2.41. The van der Waals surface area contributed by atoms with Gasteiger partial charge in [0, 0.05) is 31.8 Å². The van der Waals surface area contributed by atoms with E-state index in [0.29, 0.717) is 25.3 Å². The van der Waals surface area contributed by atoms with E-state index < -0.39 is 10.0 Å². The highest BCUT2D eigenvalue weighted by Crippen LogP contribution is 2.31. The van der Waals surface area contributed by atoms with Crippen molar-refractivity contribution in [1.82, 2.24) is 9.62 Å². The minimum Gasteiger partial charge on any atom is -0.380 e. The molecule has 0 spiro atoms. The van der Waals surface area contributed by atoms with Crippen LogP contribution in [0.3, 0.4) is 0 Å². The molecule has 1 N–H and O–H groups in total. The van der Waals surface area contributed by atoms with Gasteiger partial charge in [0.25, 0.3) is 0 Å². The van der Waals surface area contributed by atoms with Crippen molar-refractivity contribution in [1.29, 1.82) is 0 Å². The first-order valence-corrected chi connectivity index (χ1v) is 8.88. The Bertz CT molecular complexity index is 408. The maximum Gasteiger partial charge on any atom is 0.219 e. The van der Waals surface area contributed by atoms with Gasteiger partial charge in [-0.05, 0) is 38.5 Å². The van der Waals surface area contributed by atoms with Crippen molar-refractivity contribution < 1.29 is 13.2 Å². The zero-order valence-electron chi connectivity index (χ0n) is 11.5. The Labute approximate surface area is 115 Å². The van der Waals surface area contributed by atoms with Gasteiger partial charge in [-0.15, -0.1) is 0 Å². The highest BCUT2D eigenvalue weighted by molar-refractivity contribution is 7.89. The number of rotatable bonds is 3. The van der Waals surface area contributed by atoms with Gasteiger partial charge in [0.15, 0.2) is 0 Å². The molecule has 3 aliphatic rings. The summed E-state index contributed by atoms with van der Waals surface area (Å²) in [6, 6.07) is 1.21.